The summed E-state index contributed by atoms with van der Waals surface area (Å²) in [5, 5.41) is 18.9. The minimum Gasteiger partial charge on any atom is -0.481 e. The van der Waals surface area contributed by atoms with Gasteiger partial charge in [-0.25, -0.2) is 0 Å². The molecule has 2 aliphatic rings. The van der Waals surface area contributed by atoms with E-state index in [4.69, 9.17) is 0 Å². The summed E-state index contributed by atoms with van der Waals surface area (Å²) in [6.45, 7) is 2.44. The quantitative estimate of drug-likeness (QED) is 0.742. The summed E-state index contributed by atoms with van der Waals surface area (Å²) < 4.78 is 1.57. The van der Waals surface area contributed by atoms with Crippen molar-refractivity contribution < 1.29 is 19.5 Å². The first-order chi connectivity index (χ1) is 11.5. The second kappa shape index (κ2) is 6.26. The van der Waals surface area contributed by atoms with Crippen molar-refractivity contribution in [2.24, 2.45) is 23.7 Å². The Hall–Kier alpha value is -2.38. The van der Waals surface area contributed by atoms with E-state index in [1.165, 1.54) is 7.05 Å². The summed E-state index contributed by atoms with van der Waals surface area (Å²) in [5.41, 5.74) is 0.468. The highest BCUT2D eigenvalue weighted by molar-refractivity contribution is 6.03. The zero-order valence-electron chi connectivity index (χ0n) is 13.8. The third-order valence-corrected chi connectivity index (χ3v) is 5.29. The number of amides is 2. The molecule has 2 amide bonds. The first kappa shape index (κ1) is 16.5. The van der Waals surface area contributed by atoms with E-state index in [0.717, 1.165) is 19.3 Å². The van der Waals surface area contributed by atoms with Crippen molar-refractivity contribution in [3.63, 3.8) is 0 Å². The molecule has 0 unspecified atom stereocenters. The molecule has 8 heteroatoms. The number of aliphatic carboxylic acids is 1. The Labute approximate surface area is 139 Å². The molecular weight excluding hydrogens is 312 g/mol. The molecule has 2 fully saturated rings. The summed E-state index contributed by atoms with van der Waals surface area (Å²) in [4.78, 5) is 36.2. The third kappa shape index (κ3) is 2.65. The Kier molecular flexibility index (Phi) is 4.29. The summed E-state index contributed by atoms with van der Waals surface area (Å²) in [7, 11) is 1.50. The molecule has 8 nitrogen and oxygen atoms in total. The van der Waals surface area contributed by atoms with Crippen molar-refractivity contribution in [3.05, 3.63) is 11.9 Å². The number of carbonyl (C=O) groups is 3. The highest BCUT2D eigenvalue weighted by Gasteiger charge is 2.54. The highest BCUT2D eigenvalue weighted by Crippen LogP contribution is 2.52. The van der Waals surface area contributed by atoms with E-state index in [0.29, 0.717) is 12.2 Å². The minimum atomic E-state index is -0.905. The number of hydrogen-bond acceptors (Lipinski definition) is 4. The number of carboxylic acid groups (broad SMARTS) is 1. The molecule has 3 rings (SSSR count). The van der Waals surface area contributed by atoms with Gasteiger partial charge in [0, 0.05) is 19.8 Å². The zero-order chi connectivity index (χ0) is 17.4. The molecule has 0 saturated heterocycles. The van der Waals surface area contributed by atoms with Crippen LogP contribution in [0.2, 0.25) is 0 Å². The van der Waals surface area contributed by atoms with Crippen LogP contribution in [0, 0.1) is 23.7 Å². The number of aryl methyl sites for hydroxylation is 1. The van der Waals surface area contributed by atoms with Gasteiger partial charge in [0.25, 0.3) is 5.91 Å². The molecule has 1 aromatic heterocycles. The van der Waals surface area contributed by atoms with E-state index in [1.54, 1.807) is 10.9 Å². The van der Waals surface area contributed by atoms with Crippen molar-refractivity contribution >= 4 is 23.5 Å². The summed E-state index contributed by atoms with van der Waals surface area (Å²) in [6.07, 6.45) is 4.17. The molecule has 0 aliphatic heterocycles. The van der Waals surface area contributed by atoms with Crippen LogP contribution in [0.4, 0.5) is 5.69 Å². The molecule has 2 aliphatic carbocycles. The van der Waals surface area contributed by atoms with Crippen LogP contribution in [-0.4, -0.2) is 39.7 Å². The van der Waals surface area contributed by atoms with Gasteiger partial charge < -0.3 is 15.7 Å². The van der Waals surface area contributed by atoms with Crippen LogP contribution < -0.4 is 10.6 Å². The number of rotatable bonds is 5. The molecule has 0 aromatic carbocycles. The van der Waals surface area contributed by atoms with Gasteiger partial charge in [0.1, 0.15) is 0 Å². The lowest BCUT2D eigenvalue weighted by atomic mass is 9.78. The van der Waals surface area contributed by atoms with E-state index in [9.17, 15) is 19.5 Å². The number of nitrogens with one attached hydrogen (secondary N) is 2. The van der Waals surface area contributed by atoms with E-state index in [1.807, 2.05) is 6.92 Å². The van der Waals surface area contributed by atoms with E-state index in [-0.39, 0.29) is 29.3 Å². The normalized spacial score (nSPS) is 27.9. The molecule has 24 heavy (non-hydrogen) atoms. The second-order valence-electron chi connectivity index (χ2n) is 6.54. The number of nitrogens with zero attached hydrogens (tertiary/aromatic N) is 2. The zero-order valence-corrected chi connectivity index (χ0v) is 13.8. The SMILES string of the molecule is CCn1cc(NC(=O)[C@H]2[C@@H]3CC[C@@H](C3)[C@@H]2C(=O)O)c(C(=O)NC)n1. The Morgan fingerprint density at radius 2 is 1.96 bits per heavy atom. The Morgan fingerprint density at radius 1 is 1.29 bits per heavy atom. The molecule has 130 valence electrons. The summed E-state index contributed by atoms with van der Waals surface area (Å²) in [5.74, 6) is -2.59. The highest BCUT2D eigenvalue weighted by atomic mass is 16.4. The van der Waals surface area contributed by atoms with E-state index in [2.05, 4.69) is 15.7 Å². The lowest BCUT2D eigenvalue weighted by molar-refractivity contribution is -0.148. The topological polar surface area (TPSA) is 113 Å². The van der Waals surface area contributed by atoms with Crippen LogP contribution in [0.25, 0.3) is 0 Å². The molecule has 0 radical (unpaired) electrons. The standard InChI is InChI=1S/C16H22N4O4/c1-3-20-7-10(13(19-20)15(22)17-2)18-14(21)11-8-4-5-9(6-8)12(11)16(23)24/h7-9,11-12H,3-6H2,1-2H3,(H,17,22)(H,18,21)(H,23,24)/t8-,9+,11+,12+/m1/s1. The van der Waals surface area contributed by atoms with Gasteiger partial charge in [0.05, 0.1) is 17.5 Å². The lowest BCUT2D eigenvalue weighted by Gasteiger charge is -2.26. The van der Waals surface area contributed by atoms with Crippen LogP contribution in [0.15, 0.2) is 6.20 Å². The van der Waals surface area contributed by atoms with Crippen LogP contribution in [-0.2, 0) is 16.1 Å². The first-order valence-electron chi connectivity index (χ1n) is 8.29. The van der Waals surface area contributed by atoms with Gasteiger partial charge in [-0.3, -0.25) is 19.1 Å². The number of carbonyl (C=O) groups excluding carboxylic acids is 2. The predicted octanol–water partition coefficient (Wildman–Crippen LogP) is 0.948. The fourth-order valence-electron chi connectivity index (χ4n) is 4.20. The average molecular weight is 334 g/mol. The number of anilines is 1. The number of carboxylic acids is 1. The number of hydrogen-bond donors (Lipinski definition) is 3. The largest absolute Gasteiger partial charge is 0.481 e. The molecule has 1 heterocycles. The Morgan fingerprint density at radius 3 is 2.54 bits per heavy atom. The smallest absolute Gasteiger partial charge is 0.307 e. The third-order valence-electron chi connectivity index (χ3n) is 5.29. The molecular formula is C16H22N4O4. The number of fused-ring (bicyclic) bond motifs is 2. The molecule has 4 atom stereocenters. The van der Waals surface area contributed by atoms with Gasteiger partial charge in [-0.2, -0.15) is 5.10 Å². The second-order valence-corrected chi connectivity index (χ2v) is 6.54. The van der Waals surface area contributed by atoms with E-state index >= 15 is 0 Å². The van der Waals surface area contributed by atoms with Crippen LogP contribution in [0.3, 0.4) is 0 Å². The molecule has 2 bridgehead atoms. The van der Waals surface area contributed by atoms with Crippen LogP contribution in [0.5, 0.6) is 0 Å². The Bertz CT molecular complexity index is 684. The average Bonchev–Trinajstić information content (AvgIpc) is 3.27. The van der Waals surface area contributed by atoms with Crippen LogP contribution >= 0.6 is 0 Å². The van der Waals surface area contributed by atoms with Gasteiger partial charge in [0.15, 0.2) is 5.69 Å². The summed E-state index contributed by atoms with van der Waals surface area (Å²) in [6, 6.07) is 0. The molecule has 3 N–H and O–H groups in total. The van der Waals surface area contributed by atoms with Gasteiger partial charge in [-0.15, -0.1) is 0 Å². The number of aromatic nitrogens is 2. The molecule has 0 spiro atoms. The van der Waals surface area contributed by atoms with Crippen molar-refractivity contribution in [2.45, 2.75) is 32.7 Å². The van der Waals surface area contributed by atoms with Crippen molar-refractivity contribution in [3.8, 4) is 0 Å². The maximum Gasteiger partial charge on any atom is 0.307 e. The molecule has 2 saturated carbocycles. The van der Waals surface area contributed by atoms with Gasteiger partial charge in [0.2, 0.25) is 5.91 Å². The maximum absolute atomic E-state index is 12.7. The maximum atomic E-state index is 12.7. The lowest BCUT2D eigenvalue weighted by Crippen LogP contribution is -2.38. The molecule has 1 aromatic rings. The minimum absolute atomic E-state index is 0.0834. The van der Waals surface area contributed by atoms with Gasteiger partial charge in [-0.1, -0.05) is 0 Å². The van der Waals surface area contributed by atoms with Crippen LogP contribution in [0.1, 0.15) is 36.7 Å². The van der Waals surface area contributed by atoms with Gasteiger partial charge >= 0.3 is 5.97 Å². The van der Waals surface area contributed by atoms with Crippen molar-refractivity contribution in [1.82, 2.24) is 15.1 Å². The van der Waals surface area contributed by atoms with Crippen molar-refractivity contribution in [2.75, 3.05) is 12.4 Å². The fourth-order valence-corrected chi connectivity index (χ4v) is 4.20. The monoisotopic (exact) mass is 334 g/mol. The van der Waals surface area contributed by atoms with Gasteiger partial charge in [-0.05, 0) is 38.0 Å². The van der Waals surface area contributed by atoms with E-state index < -0.39 is 17.8 Å². The fraction of sp³-hybridized carbons (Fsp3) is 0.625. The first-order valence-corrected chi connectivity index (χ1v) is 8.29. The van der Waals surface area contributed by atoms with Crippen molar-refractivity contribution in [1.29, 1.82) is 0 Å². The summed E-state index contributed by atoms with van der Waals surface area (Å²) >= 11 is 0. The Balaban J connectivity index is 1.83. The predicted molar refractivity (Wildman–Crippen MR) is 85.4 cm³/mol.